The van der Waals surface area contributed by atoms with E-state index >= 15 is 0 Å². The van der Waals surface area contributed by atoms with E-state index in [1.165, 1.54) is 17.8 Å². The highest BCUT2D eigenvalue weighted by Crippen LogP contribution is 2.25. The molecule has 1 aliphatic heterocycles. The van der Waals surface area contributed by atoms with Crippen LogP contribution < -0.4 is 0 Å². The van der Waals surface area contributed by atoms with Crippen LogP contribution in [0.25, 0.3) is 0 Å². The van der Waals surface area contributed by atoms with Crippen molar-refractivity contribution in [2.45, 2.75) is 23.8 Å². The molecule has 1 aliphatic rings. The molecular weight excluding hydrogens is 202 g/mol. The SMILES string of the molecule is c1csc(CSC2CCOCC2)n1. The third-order valence-corrected chi connectivity index (χ3v) is 4.44. The maximum Gasteiger partial charge on any atom is 0.102 e. The third kappa shape index (κ3) is 2.97. The highest BCUT2D eigenvalue weighted by Gasteiger charge is 2.14. The van der Waals surface area contributed by atoms with Crippen LogP contribution in [0.3, 0.4) is 0 Å². The Bertz CT molecular complexity index is 232. The molecule has 0 amide bonds. The lowest BCUT2D eigenvalue weighted by molar-refractivity contribution is 0.1000. The number of thiazole rings is 1. The summed E-state index contributed by atoms with van der Waals surface area (Å²) in [7, 11) is 0. The first-order chi connectivity index (χ1) is 6.45. The topological polar surface area (TPSA) is 22.1 Å². The van der Waals surface area contributed by atoms with Gasteiger partial charge in [0.25, 0.3) is 0 Å². The first kappa shape index (κ1) is 9.49. The molecule has 0 atom stereocenters. The zero-order valence-electron chi connectivity index (χ0n) is 7.44. The highest BCUT2D eigenvalue weighted by molar-refractivity contribution is 7.99. The van der Waals surface area contributed by atoms with Crippen molar-refractivity contribution < 1.29 is 4.74 Å². The van der Waals surface area contributed by atoms with Crippen molar-refractivity contribution in [1.82, 2.24) is 4.98 Å². The third-order valence-electron chi connectivity index (χ3n) is 2.09. The predicted molar refractivity (Wildman–Crippen MR) is 57.3 cm³/mol. The molecule has 0 spiro atoms. The minimum absolute atomic E-state index is 0.789. The van der Waals surface area contributed by atoms with Gasteiger partial charge in [0.05, 0.1) is 0 Å². The summed E-state index contributed by atoms with van der Waals surface area (Å²) in [5.74, 6) is 1.07. The molecule has 2 nitrogen and oxygen atoms in total. The summed E-state index contributed by atoms with van der Waals surface area (Å²) in [5.41, 5.74) is 0. The Morgan fingerprint density at radius 1 is 1.54 bits per heavy atom. The van der Waals surface area contributed by atoms with Crippen LogP contribution in [0.4, 0.5) is 0 Å². The van der Waals surface area contributed by atoms with Gasteiger partial charge in [-0.15, -0.1) is 11.3 Å². The van der Waals surface area contributed by atoms with Gasteiger partial charge in [-0.05, 0) is 12.8 Å². The molecule has 1 aromatic rings. The molecule has 0 radical (unpaired) electrons. The van der Waals surface area contributed by atoms with Crippen molar-refractivity contribution >= 4 is 23.1 Å². The Morgan fingerprint density at radius 3 is 3.08 bits per heavy atom. The Labute approximate surface area is 86.7 Å². The lowest BCUT2D eigenvalue weighted by Gasteiger charge is -2.20. The van der Waals surface area contributed by atoms with Crippen LogP contribution in [0.5, 0.6) is 0 Å². The summed E-state index contributed by atoms with van der Waals surface area (Å²) in [6.45, 7) is 1.88. The minimum Gasteiger partial charge on any atom is -0.381 e. The van der Waals surface area contributed by atoms with Crippen molar-refractivity contribution in [2.75, 3.05) is 13.2 Å². The van der Waals surface area contributed by atoms with Crippen LogP contribution in [-0.2, 0) is 10.5 Å². The molecular formula is C9H13NOS2. The van der Waals surface area contributed by atoms with E-state index in [2.05, 4.69) is 4.98 Å². The zero-order chi connectivity index (χ0) is 8.93. The monoisotopic (exact) mass is 215 g/mol. The van der Waals surface area contributed by atoms with Gasteiger partial charge in [-0.2, -0.15) is 11.8 Å². The average molecular weight is 215 g/mol. The van der Waals surface area contributed by atoms with Crippen molar-refractivity contribution in [3.05, 3.63) is 16.6 Å². The fraction of sp³-hybridized carbons (Fsp3) is 0.667. The van der Waals surface area contributed by atoms with E-state index in [0.717, 1.165) is 24.2 Å². The minimum atomic E-state index is 0.789. The summed E-state index contributed by atoms with van der Waals surface area (Å²) in [6.07, 6.45) is 4.29. The van der Waals surface area contributed by atoms with Gasteiger partial charge in [0, 0.05) is 35.8 Å². The molecule has 72 valence electrons. The van der Waals surface area contributed by atoms with Crippen LogP contribution in [0.15, 0.2) is 11.6 Å². The molecule has 0 aliphatic carbocycles. The predicted octanol–water partition coefficient (Wildman–Crippen LogP) is 2.56. The van der Waals surface area contributed by atoms with Gasteiger partial charge in [-0.3, -0.25) is 0 Å². The maximum absolute atomic E-state index is 5.31. The second-order valence-corrected chi connectivity index (χ2v) is 5.32. The molecule has 2 rings (SSSR count). The normalized spacial score (nSPS) is 19.1. The molecule has 0 bridgehead atoms. The number of ether oxygens (including phenoxy) is 1. The van der Waals surface area contributed by atoms with E-state index in [-0.39, 0.29) is 0 Å². The Balaban J connectivity index is 1.72. The van der Waals surface area contributed by atoms with E-state index in [1.54, 1.807) is 11.3 Å². The van der Waals surface area contributed by atoms with E-state index < -0.39 is 0 Å². The van der Waals surface area contributed by atoms with Gasteiger partial charge >= 0.3 is 0 Å². The highest BCUT2D eigenvalue weighted by atomic mass is 32.2. The summed E-state index contributed by atoms with van der Waals surface area (Å²) in [5, 5.41) is 4.08. The van der Waals surface area contributed by atoms with Crippen LogP contribution >= 0.6 is 23.1 Å². The lowest BCUT2D eigenvalue weighted by atomic mass is 10.2. The Kier molecular flexibility index (Phi) is 3.64. The van der Waals surface area contributed by atoms with Gasteiger partial charge in [0.2, 0.25) is 0 Å². The molecule has 1 aromatic heterocycles. The molecule has 4 heteroatoms. The number of aromatic nitrogens is 1. The quantitative estimate of drug-likeness (QED) is 0.773. The first-order valence-electron chi connectivity index (χ1n) is 4.53. The van der Waals surface area contributed by atoms with Crippen LogP contribution in [0.2, 0.25) is 0 Å². The molecule has 0 N–H and O–H groups in total. The fourth-order valence-corrected chi connectivity index (χ4v) is 3.21. The van der Waals surface area contributed by atoms with Crippen molar-refractivity contribution in [3.63, 3.8) is 0 Å². The molecule has 2 heterocycles. The maximum atomic E-state index is 5.31. The molecule has 0 unspecified atom stereocenters. The standard InChI is InChI=1S/C9H13NOS2/c1-4-11-5-2-8(1)13-7-9-10-3-6-12-9/h3,6,8H,1-2,4-5,7H2. The van der Waals surface area contributed by atoms with Gasteiger partial charge in [0.15, 0.2) is 0 Å². The molecule has 0 aromatic carbocycles. The number of rotatable bonds is 3. The molecule has 0 saturated carbocycles. The number of hydrogen-bond donors (Lipinski definition) is 0. The van der Waals surface area contributed by atoms with Gasteiger partial charge < -0.3 is 4.74 Å². The van der Waals surface area contributed by atoms with Gasteiger partial charge in [0.1, 0.15) is 5.01 Å². The van der Waals surface area contributed by atoms with Crippen molar-refractivity contribution in [3.8, 4) is 0 Å². The lowest BCUT2D eigenvalue weighted by Crippen LogP contribution is -2.17. The van der Waals surface area contributed by atoms with E-state index in [4.69, 9.17) is 4.74 Å². The second kappa shape index (κ2) is 4.98. The van der Waals surface area contributed by atoms with Crippen molar-refractivity contribution in [1.29, 1.82) is 0 Å². The van der Waals surface area contributed by atoms with E-state index in [1.807, 2.05) is 23.3 Å². The zero-order valence-corrected chi connectivity index (χ0v) is 9.07. The molecule has 1 saturated heterocycles. The second-order valence-electron chi connectivity index (χ2n) is 3.05. The number of thioether (sulfide) groups is 1. The summed E-state index contributed by atoms with van der Waals surface area (Å²) >= 11 is 3.77. The first-order valence-corrected chi connectivity index (χ1v) is 6.46. The Morgan fingerprint density at radius 2 is 2.38 bits per heavy atom. The largest absolute Gasteiger partial charge is 0.381 e. The van der Waals surface area contributed by atoms with Crippen molar-refractivity contribution in [2.24, 2.45) is 0 Å². The van der Waals surface area contributed by atoms with Gasteiger partial charge in [-0.1, -0.05) is 0 Å². The van der Waals surface area contributed by atoms with E-state index in [9.17, 15) is 0 Å². The summed E-state index contributed by atoms with van der Waals surface area (Å²) in [6, 6.07) is 0. The number of hydrogen-bond acceptors (Lipinski definition) is 4. The molecule has 13 heavy (non-hydrogen) atoms. The Hall–Kier alpha value is -0.0600. The summed E-state index contributed by atoms with van der Waals surface area (Å²) in [4.78, 5) is 4.27. The fourth-order valence-electron chi connectivity index (χ4n) is 1.36. The van der Waals surface area contributed by atoms with Gasteiger partial charge in [-0.25, -0.2) is 4.98 Å². The number of nitrogens with zero attached hydrogens (tertiary/aromatic N) is 1. The van der Waals surface area contributed by atoms with Crippen LogP contribution in [-0.4, -0.2) is 23.4 Å². The smallest absolute Gasteiger partial charge is 0.102 e. The summed E-state index contributed by atoms with van der Waals surface area (Å²) < 4.78 is 5.31. The van der Waals surface area contributed by atoms with E-state index in [0.29, 0.717) is 0 Å². The van der Waals surface area contributed by atoms with Crippen LogP contribution in [0.1, 0.15) is 17.8 Å². The molecule has 1 fully saturated rings. The average Bonchev–Trinajstić information content (AvgIpc) is 2.69. The van der Waals surface area contributed by atoms with Crippen LogP contribution in [0, 0.1) is 0 Å².